The highest BCUT2D eigenvalue weighted by atomic mass is 16.5. The Kier molecular flexibility index (Phi) is 4.65. The normalized spacial score (nSPS) is 29.1. The molecular weight excluding hydrogens is 260 g/mol. The molecule has 1 aliphatic carbocycles. The number of ether oxygens (including phenoxy) is 1. The summed E-state index contributed by atoms with van der Waals surface area (Å²) in [6.45, 7) is 0.460. The van der Waals surface area contributed by atoms with Crippen LogP contribution >= 0.6 is 0 Å². The molecule has 6 nitrogen and oxygen atoms in total. The van der Waals surface area contributed by atoms with Crippen molar-refractivity contribution in [2.45, 2.75) is 50.1 Å². The van der Waals surface area contributed by atoms with Crippen LogP contribution in [0, 0.1) is 5.92 Å². The molecule has 0 aromatic heterocycles. The van der Waals surface area contributed by atoms with Crippen molar-refractivity contribution < 1.29 is 19.4 Å². The van der Waals surface area contributed by atoms with E-state index in [1.807, 2.05) is 0 Å². The molecule has 6 heteroatoms. The molecule has 0 bridgehead atoms. The molecule has 2 aliphatic rings. The number of nitrogens with zero attached hydrogens (tertiary/aromatic N) is 1. The van der Waals surface area contributed by atoms with Gasteiger partial charge in [0.25, 0.3) is 0 Å². The predicted molar refractivity (Wildman–Crippen MR) is 73.1 cm³/mol. The molecule has 1 heterocycles. The molecule has 0 aromatic rings. The van der Waals surface area contributed by atoms with Crippen LogP contribution in [0.3, 0.4) is 0 Å². The first-order chi connectivity index (χ1) is 9.43. The van der Waals surface area contributed by atoms with Crippen molar-refractivity contribution in [3.8, 4) is 0 Å². The van der Waals surface area contributed by atoms with Crippen LogP contribution in [0.4, 0.5) is 0 Å². The highest BCUT2D eigenvalue weighted by molar-refractivity contribution is 5.79. The van der Waals surface area contributed by atoms with Gasteiger partial charge in [-0.25, -0.2) is 0 Å². The van der Waals surface area contributed by atoms with Gasteiger partial charge >= 0.3 is 5.97 Å². The first-order valence-corrected chi connectivity index (χ1v) is 7.28. The van der Waals surface area contributed by atoms with E-state index in [4.69, 9.17) is 15.6 Å². The van der Waals surface area contributed by atoms with Gasteiger partial charge in [-0.1, -0.05) is 19.3 Å². The fraction of sp³-hybridized carbons (Fsp3) is 0.857. The monoisotopic (exact) mass is 284 g/mol. The summed E-state index contributed by atoms with van der Waals surface area (Å²) in [4.78, 5) is 25.0. The van der Waals surface area contributed by atoms with E-state index in [-0.39, 0.29) is 25.2 Å². The van der Waals surface area contributed by atoms with Crippen molar-refractivity contribution in [1.82, 2.24) is 4.90 Å². The number of aliphatic carboxylic acids is 1. The van der Waals surface area contributed by atoms with Crippen molar-refractivity contribution in [2.24, 2.45) is 11.7 Å². The topological polar surface area (TPSA) is 92.9 Å². The number of carbonyl (C=O) groups is 2. The van der Waals surface area contributed by atoms with Crippen molar-refractivity contribution in [3.05, 3.63) is 0 Å². The molecule has 20 heavy (non-hydrogen) atoms. The number of nitrogens with two attached hydrogens (primary N) is 1. The van der Waals surface area contributed by atoms with Crippen LogP contribution in [0.2, 0.25) is 0 Å². The maximum Gasteiger partial charge on any atom is 0.311 e. The molecule has 3 N–H and O–H groups in total. The highest BCUT2D eigenvalue weighted by Crippen LogP contribution is 2.30. The van der Waals surface area contributed by atoms with Crippen LogP contribution in [0.25, 0.3) is 0 Å². The molecule has 2 fully saturated rings. The molecule has 0 spiro atoms. The van der Waals surface area contributed by atoms with Crippen molar-refractivity contribution >= 4 is 11.9 Å². The lowest BCUT2D eigenvalue weighted by Gasteiger charge is -2.35. The Labute approximate surface area is 119 Å². The van der Waals surface area contributed by atoms with Gasteiger partial charge in [-0.3, -0.25) is 9.59 Å². The third-order valence-corrected chi connectivity index (χ3v) is 4.61. The summed E-state index contributed by atoms with van der Waals surface area (Å²) >= 11 is 0. The molecule has 0 aromatic carbocycles. The fourth-order valence-electron chi connectivity index (χ4n) is 3.20. The average Bonchev–Trinajstić information content (AvgIpc) is 2.87. The molecule has 2 rings (SSSR count). The number of likely N-dealkylation sites (N-methyl/N-ethyl adjacent to an activating group) is 1. The van der Waals surface area contributed by atoms with Crippen LogP contribution in [-0.4, -0.2) is 53.7 Å². The lowest BCUT2D eigenvalue weighted by atomic mass is 9.80. The number of amides is 1. The molecular formula is C14H24N2O4. The van der Waals surface area contributed by atoms with E-state index in [1.54, 1.807) is 7.05 Å². The first kappa shape index (κ1) is 15.3. The van der Waals surface area contributed by atoms with Crippen LogP contribution < -0.4 is 5.73 Å². The van der Waals surface area contributed by atoms with E-state index in [9.17, 15) is 9.59 Å². The minimum absolute atomic E-state index is 0.0730. The zero-order valence-corrected chi connectivity index (χ0v) is 12.0. The van der Waals surface area contributed by atoms with Crippen molar-refractivity contribution in [3.63, 3.8) is 0 Å². The van der Waals surface area contributed by atoms with Crippen LogP contribution in [-0.2, 0) is 14.3 Å². The van der Waals surface area contributed by atoms with Gasteiger partial charge in [0.2, 0.25) is 5.91 Å². The number of rotatable bonds is 4. The average molecular weight is 284 g/mol. The zero-order valence-electron chi connectivity index (χ0n) is 12.0. The minimum Gasteiger partial charge on any atom is -0.481 e. The summed E-state index contributed by atoms with van der Waals surface area (Å²) in [7, 11) is 1.66. The summed E-state index contributed by atoms with van der Waals surface area (Å²) in [6, 6.07) is -0.382. The minimum atomic E-state index is -0.910. The smallest absolute Gasteiger partial charge is 0.311 e. The van der Waals surface area contributed by atoms with Gasteiger partial charge < -0.3 is 20.5 Å². The summed E-state index contributed by atoms with van der Waals surface area (Å²) in [5, 5.41) is 9.14. The maximum atomic E-state index is 12.4. The second kappa shape index (κ2) is 6.10. The summed E-state index contributed by atoms with van der Waals surface area (Å²) in [6.07, 6.45) is 5.36. The van der Waals surface area contributed by atoms with E-state index in [1.165, 1.54) is 11.3 Å². The molecule has 1 amide bonds. The second-order valence-electron chi connectivity index (χ2n) is 6.15. The molecule has 2 atom stereocenters. The Balaban J connectivity index is 1.96. The molecule has 1 saturated carbocycles. The van der Waals surface area contributed by atoms with E-state index in [2.05, 4.69) is 0 Å². The summed E-state index contributed by atoms with van der Waals surface area (Å²) in [5.41, 5.74) is 5.88. The number of hydrogen-bond acceptors (Lipinski definition) is 4. The van der Waals surface area contributed by atoms with Crippen LogP contribution in [0.15, 0.2) is 0 Å². The number of carbonyl (C=O) groups excluding carboxylic acids is 1. The van der Waals surface area contributed by atoms with E-state index in [0.717, 1.165) is 25.7 Å². The SMILES string of the molecule is CN(C(=O)CC1(N)CCCCC1)C1COCC1C(=O)O. The summed E-state index contributed by atoms with van der Waals surface area (Å²) < 4.78 is 5.21. The van der Waals surface area contributed by atoms with Crippen LogP contribution in [0.5, 0.6) is 0 Å². The number of carboxylic acid groups (broad SMARTS) is 1. The Hall–Kier alpha value is -1.14. The third kappa shape index (κ3) is 3.30. The van der Waals surface area contributed by atoms with Gasteiger partial charge in [0.05, 0.1) is 19.3 Å². The third-order valence-electron chi connectivity index (χ3n) is 4.61. The second-order valence-corrected chi connectivity index (χ2v) is 6.15. The van der Waals surface area contributed by atoms with Gasteiger partial charge in [-0.2, -0.15) is 0 Å². The largest absolute Gasteiger partial charge is 0.481 e. The Bertz CT molecular complexity index is 379. The molecule has 1 saturated heterocycles. The Morgan fingerprint density at radius 1 is 1.30 bits per heavy atom. The quantitative estimate of drug-likeness (QED) is 0.788. The van der Waals surface area contributed by atoms with E-state index < -0.39 is 17.4 Å². The Morgan fingerprint density at radius 3 is 2.55 bits per heavy atom. The maximum absolute atomic E-state index is 12.4. The number of hydrogen-bond donors (Lipinski definition) is 2. The highest BCUT2D eigenvalue weighted by Gasteiger charge is 2.40. The van der Waals surface area contributed by atoms with Gasteiger partial charge in [-0.05, 0) is 12.8 Å². The lowest BCUT2D eigenvalue weighted by molar-refractivity contribution is -0.144. The Morgan fingerprint density at radius 2 is 1.95 bits per heavy atom. The van der Waals surface area contributed by atoms with Gasteiger partial charge in [-0.15, -0.1) is 0 Å². The molecule has 0 radical (unpaired) electrons. The molecule has 2 unspecified atom stereocenters. The van der Waals surface area contributed by atoms with Gasteiger partial charge in [0.1, 0.15) is 5.92 Å². The zero-order chi connectivity index (χ0) is 14.8. The molecule has 1 aliphatic heterocycles. The van der Waals surface area contributed by atoms with E-state index in [0.29, 0.717) is 6.42 Å². The molecule has 114 valence electrons. The van der Waals surface area contributed by atoms with E-state index >= 15 is 0 Å². The summed E-state index contributed by atoms with van der Waals surface area (Å²) in [5.74, 6) is -1.62. The van der Waals surface area contributed by atoms with Crippen molar-refractivity contribution in [1.29, 1.82) is 0 Å². The standard InChI is InChI=1S/C14H24N2O4/c1-16(11-9-20-8-10(11)13(18)19)12(17)7-14(15)5-3-2-4-6-14/h10-11H,2-9,15H2,1H3,(H,18,19). The van der Waals surface area contributed by atoms with Gasteiger partial charge in [0, 0.05) is 19.0 Å². The van der Waals surface area contributed by atoms with Crippen LogP contribution in [0.1, 0.15) is 38.5 Å². The first-order valence-electron chi connectivity index (χ1n) is 7.28. The predicted octanol–water partition coefficient (Wildman–Crippen LogP) is 0.596. The van der Waals surface area contributed by atoms with Crippen molar-refractivity contribution in [2.75, 3.05) is 20.3 Å². The lowest BCUT2D eigenvalue weighted by Crippen LogP contribution is -2.50. The number of carboxylic acids is 1. The van der Waals surface area contributed by atoms with Gasteiger partial charge in [0.15, 0.2) is 0 Å². The fourth-order valence-corrected chi connectivity index (χ4v) is 3.20.